The average Bonchev–Trinajstić information content (AvgIpc) is 3.17. The monoisotopic (exact) mass is 407 g/mol. The smallest absolute Gasteiger partial charge is 0.257 e. The number of amides is 1. The minimum atomic E-state index is -0.405. The molecule has 1 atom stereocenters. The summed E-state index contributed by atoms with van der Waals surface area (Å²) < 4.78 is 14.7. The normalized spacial score (nSPS) is 20.5. The number of hydrogen-bond acceptors (Lipinski definition) is 3. The second kappa shape index (κ2) is 8.68. The molecule has 1 fully saturated rings. The molecule has 2 aromatic rings. The van der Waals surface area contributed by atoms with Crippen LogP contribution in [0.4, 0.5) is 4.39 Å². The van der Waals surface area contributed by atoms with Gasteiger partial charge in [0.2, 0.25) is 0 Å². The summed E-state index contributed by atoms with van der Waals surface area (Å²) in [7, 11) is 0. The first-order chi connectivity index (χ1) is 14.4. The first kappa shape index (κ1) is 20.7. The Labute approximate surface area is 178 Å². The highest BCUT2D eigenvalue weighted by atomic mass is 19.1. The quantitative estimate of drug-likeness (QED) is 0.726. The second-order valence-corrected chi connectivity index (χ2v) is 8.80. The molecule has 2 aliphatic rings. The van der Waals surface area contributed by atoms with Gasteiger partial charge < -0.3 is 0 Å². The van der Waals surface area contributed by atoms with Gasteiger partial charge in [-0.1, -0.05) is 42.8 Å². The van der Waals surface area contributed by atoms with Crippen LogP contribution < -0.4 is 0 Å². The van der Waals surface area contributed by atoms with E-state index in [0.29, 0.717) is 24.4 Å². The van der Waals surface area contributed by atoms with Crippen molar-refractivity contribution in [1.82, 2.24) is 9.91 Å². The molecule has 0 spiro atoms. The molecule has 0 saturated carbocycles. The summed E-state index contributed by atoms with van der Waals surface area (Å²) in [5.74, 6) is 0.367. The highest BCUT2D eigenvalue weighted by molar-refractivity contribution is 6.04. The van der Waals surface area contributed by atoms with Crippen molar-refractivity contribution < 1.29 is 9.18 Å². The maximum Gasteiger partial charge on any atom is 0.257 e. The molecule has 1 saturated heterocycles. The molecule has 2 aliphatic heterocycles. The van der Waals surface area contributed by atoms with Crippen LogP contribution in [0.15, 0.2) is 47.6 Å². The highest BCUT2D eigenvalue weighted by Crippen LogP contribution is 2.35. The van der Waals surface area contributed by atoms with Gasteiger partial charge in [-0.3, -0.25) is 9.69 Å². The number of likely N-dealkylation sites (tertiary alicyclic amines) is 1. The Morgan fingerprint density at radius 1 is 1.13 bits per heavy atom. The first-order valence-electron chi connectivity index (χ1n) is 10.9. The van der Waals surface area contributed by atoms with Crippen molar-refractivity contribution in [3.63, 3.8) is 0 Å². The van der Waals surface area contributed by atoms with E-state index in [1.54, 1.807) is 12.1 Å². The number of benzene rings is 2. The fraction of sp³-hybridized carbons (Fsp3) is 0.440. The molecular weight excluding hydrogens is 377 g/mol. The average molecular weight is 408 g/mol. The Bertz CT molecular complexity index is 963. The number of piperidine rings is 1. The number of carbonyl (C=O) groups excluding carboxylic acids is 1. The van der Waals surface area contributed by atoms with Crippen LogP contribution in [-0.2, 0) is 4.79 Å². The highest BCUT2D eigenvalue weighted by Gasteiger charge is 2.35. The third kappa shape index (κ3) is 4.31. The summed E-state index contributed by atoms with van der Waals surface area (Å²) in [5.41, 5.74) is 4.68. The molecule has 2 heterocycles. The zero-order valence-electron chi connectivity index (χ0n) is 18.1. The van der Waals surface area contributed by atoms with Crippen LogP contribution in [0.2, 0.25) is 0 Å². The lowest BCUT2D eigenvalue weighted by molar-refractivity contribution is -0.134. The summed E-state index contributed by atoms with van der Waals surface area (Å²) in [6.45, 7) is 8.55. The van der Waals surface area contributed by atoms with E-state index in [4.69, 9.17) is 5.10 Å². The van der Waals surface area contributed by atoms with Crippen LogP contribution in [0.25, 0.3) is 0 Å². The molecule has 2 aromatic carbocycles. The summed E-state index contributed by atoms with van der Waals surface area (Å²) in [6, 6.07) is 12.6. The molecule has 1 amide bonds. The summed E-state index contributed by atoms with van der Waals surface area (Å²) in [5, 5.41) is 6.28. The van der Waals surface area contributed by atoms with Crippen LogP contribution in [0.1, 0.15) is 54.5 Å². The fourth-order valence-electron chi connectivity index (χ4n) is 4.42. The number of hydrogen-bond donors (Lipinski definition) is 0. The van der Waals surface area contributed by atoms with Crippen molar-refractivity contribution in [1.29, 1.82) is 0 Å². The van der Waals surface area contributed by atoms with Crippen molar-refractivity contribution in [3.8, 4) is 0 Å². The molecule has 0 bridgehead atoms. The molecule has 4 nitrogen and oxygen atoms in total. The van der Waals surface area contributed by atoms with Crippen molar-refractivity contribution in [2.24, 2.45) is 11.0 Å². The molecule has 5 heteroatoms. The van der Waals surface area contributed by atoms with Gasteiger partial charge in [-0.15, -0.1) is 0 Å². The SMILES string of the molecule is Cc1ccc(C)c(C2=NN(C(=O)CN3CCC(C)CC3)[C@H](c3ccccc3F)C2)c1. The van der Waals surface area contributed by atoms with Gasteiger partial charge in [0.1, 0.15) is 5.82 Å². The van der Waals surface area contributed by atoms with E-state index in [0.717, 1.165) is 48.3 Å². The topological polar surface area (TPSA) is 35.9 Å². The molecule has 0 aliphatic carbocycles. The summed E-state index contributed by atoms with van der Waals surface area (Å²) in [4.78, 5) is 15.5. The van der Waals surface area contributed by atoms with Crippen LogP contribution >= 0.6 is 0 Å². The van der Waals surface area contributed by atoms with E-state index in [9.17, 15) is 9.18 Å². The zero-order valence-corrected chi connectivity index (χ0v) is 18.1. The number of nitrogens with zero attached hydrogens (tertiary/aromatic N) is 3. The Kier molecular flexibility index (Phi) is 6.00. The molecular formula is C25H30FN3O. The Hall–Kier alpha value is -2.53. The molecule has 0 radical (unpaired) electrons. The van der Waals surface area contributed by atoms with E-state index in [1.807, 2.05) is 13.0 Å². The Morgan fingerprint density at radius 3 is 2.60 bits per heavy atom. The molecule has 0 aromatic heterocycles. The van der Waals surface area contributed by atoms with Gasteiger partial charge >= 0.3 is 0 Å². The van der Waals surface area contributed by atoms with Crippen LogP contribution in [0.5, 0.6) is 0 Å². The lowest BCUT2D eigenvalue weighted by Crippen LogP contribution is -2.41. The third-order valence-electron chi connectivity index (χ3n) is 6.37. The van der Waals surface area contributed by atoms with Crippen molar-refractivity contribution >= 4 is 11.6 Å². The second-order valence-electron chi connectivity index (χ2n) is 8.80. The molecule has 0 unspecified atom stereocenters. The van der Waals surface area contributed by atoms with Gasteiger partial charge in [-0.05, 0) is 63.4 Å². The van der Waals surface area contributed by atoms with Crippen LogP contribution in [-0.4, -0.2) is 41.2 Å². The third-order valence-corrected chi connectivity index (χ3v) is 6.37. The number of halogens is 1. The van der Waals surface area contributed by atoms with E-state index >= 15 is 0 Å². The minimum Gasteiger partial charge on any atom is -0.294 e. The van der Waals surface area contributed by atoms with Crippen LogP contribution in [0.3, 0.4) is 0 Å². The number of carbonyl (C=O) groups is 1. The van der Waals surface area contributed by atoms with E-state index in [2.05, 4.69) is 36.9 Å². The van der Waals surface area contributed by atoms with Gasteiger partial charge in [0.25, 0.3) is 5.91 Å². The maximum atomic E-state index is 14.7. The number of aryl methyl sites for hydroxylation is 2. The van der Waals surface area contributed by atoms with Gasteiger partial charge in [0, 0.05) is 17.5 Å². The van der Waals surface area contributed by atoms with Crippen molar-refractivity contribution in [2.75, 3.05) is 19.6 Å². The van der Waals surface area contributed by atoms with Crippen molar-refractivity contribution in [3.05, 3.63) is 70.5 Å². The Balaban J connectivity index is 1.63. The van der Waals surface area contributed by atoms with E-state index < -0.39 is 6.04 Å². The standard InChI is InChI=1S/C25H30FN3O/c1-17-10-12-28(13-11-17)16-25(30)29-24(20-6-4-5-7-22(20)26)15-23(27-29)21-14-18(2)8-9-19(21)3/h4-9,14,17,24H,10-13,15-16H2,1-3H3/t24-/m0/s1. The van der Waals surface area contributed by atoms with Gasteiger partial charge in [0.15, 0.2) is 0 Å². The van der Waals surface area contributed by atoms with E-state index in [1.165, 1.54) is 11.1 Å². The zero-order chi connectivity index (χ0) is 21.3. The van der Waals surface area contributed by atoms with Gasteiger partial charge in [-0.2, -0.15) is 5.10 Å². The van der Waals surface area contributed by atoms with E-state index in [-0.39, 0.29) is 11.7 Å². The molecule has 4 rings (SSSR count). The lowest BCUT2D eigenvalue weighted by Gasteiger charge is -2.31. The molecule has 158 valence electrons. The largest absolute Gasteiger partial charge is 0.294 e. The van der Waals surface area contributed by atoms with Crippen molar-refractivity contribution in [2.45, 2.75) is 46.1 Å². The molecule has 0 N–H and O–H groups in total. The minimum absolute atomic E-state index is 0.0573. The predicted octanol–water partition coefficient (Wildman–Crippen LogP) is 4.85. The van der Waals surface area contributed by atoms with Gasteiger partial charge in [0.05, 0.1) is 18.3 Å². The maximum absolute atomic E-state index is 14.7. The Morgan fingerprint density at radius 2 is 1.87 bits per heavy atom. The predicted molar refractivity (Wildman–Crippen MR) is 118 cm³/mol. The molecule has 30 heavy (non-hydrogen) atoms. The number of hydrazone groups is 1. The first-order valence-corrected chi connectivity index (χ1v) is 10.9. The summed E-state index contributed by atoms with van der Waals surface area (Å²) >= 11 is 0. The van der Waals surface area contributed by atoms with Gasteiger partial charge in [-0.25, -0.2) is 9.40 Å². The fourth-order valence-corrected chi connectivity index (χ4v) is 4.42. The lowest BCUT2D eigenvalue weighted by atomic mass is 9.95. The van der Waals surface area contributed by atoms with Crippen LogP contribution in [0, 0.1) is 25.6 Å². The summed E-state index contributed by atoms with van der Waals surface area (Å²) in [6.07, 6.45) is 2.75. The number of rotatable bonds is 4.